The van der Waals surface area contributed by atoms with Crippen LogP contribution in [0.2, 0.25) is 5.02 Å². The number of carbonyl (C=O) groups excluding carboxylic acids is 1. The third-order valence-corrected chi connectivity index (χ3v) is 2.60. The van der Waals surface area contributed by atoms with Gasteiger partial charge in [-0.25, -0.2) is 0 Å². The van der Waals surface area contributed by atoms with Gasteiger partial charge in [-0.15, -0.1) is 12.4 Å². The number of methoxy groups -OCH3 is 2. The summed E-state index contributed by atoms with van der Waals surface area (Å²) < 4.78 is 9.46. The first-order valence-corrected chi connectivity index (χ1v) is 5.26. The standard InChI is InChI=1S/C11H14ClNO4.ClH/c1-16-9-4-6(3-7(12)11(9)15)8(13)5-10(14)17-2;/h3-4,8,15H,5,13H2,1-2H3;1H/t8-;/m0./s1. The van der Waals surface area contributed by atoms with E-state index in [4.69, 9.17) is 22.1 Å². The molecule has 0 aliphatic heterocycles. The highest BCUT2D eigenvalue weighted by Gasteiger charge is 2.16. The molecule has 0 bridgehead atoms. The quantitative estimate of drug-likeness (QED) is 0.831. The zero-order chi connectivity index (χ0) is 13.0. The number of aromatic hydroxyl groups is 1. The van der Waals surface area contributed by atoms with E-state index in [0.717, 1.165) is 0 Å². The molecule has 1 aromatic rings. The van der Waals surface area contributed by atoms with Gasteiger partial charge in [-0.3, -0.25) is 4.79 Å². The van der Waals surface area contributed by atoms with E-state index in [1.165, 1.54) is 26.4 Å². The van der Waals surface area contributed by atoms with Crippen LogP contribution >= 0.6 is 24.0 Å². The highest BCUT2D eigenvalue weighted by molar-refractivity contribution is 6.32. The van der Waals surface area contributed by atoms with Crippen LogP contribution in [0.1, 0.15) is 18.0 Å². The number of halogens is 2. The molecule has 0 saturated carbocycles. The van der Waals surface area contributed by atoms with Crippen molar-refractivity contribution in [1.29, 1.82) is 0 Å². The molecular formula is C11H15Cl2NO4. The van der Waals surface area contributed by atoms with E-state index in [9.17, 15) is 9.90 Å². The van der Waals surface area contributed by atoms with E-state index in [1.807, 2.05) is 0 Å². The lowest BCUT2D eigenvalue weighted by Crippen LogP contribution is -2.16. The summed E-state index contributed by atoms with van der Waals surface area (Å²) in [4.78, 5) is 11.1. The van der Waals surface area contributed by atoms with Crippen LogP contribution in [0.4, 0.5) is 0 Å². The second kappa shape index (κ2) is 7.31. The molecule has 0 saturated heterocycles. The SMILES string of the molecule is COC(=O)C[C@H](N)c1cc(Cl)c(O)c(OC)c1.Cl. The first kappa shape index (κ1) is 16.8. The largest absolute Gasteiger partial charge is 0.503 e. The summed E-state index contributed by atoms with van der Waals surface area (Å²) >= 11 is 5.81. The predicted octanol–water partition coefficient (Wildman–Crippen LogP) is 2.04. The number of hydrogen-bond acceptors (Lipinski definition) is 5. The Kier molecular flexibility index (Phi) is 6.83. The average Bonchev–Trinajstić information content (AvgIpc) is 2.32. The van der Waals surface area contributed by atoms with Crippen molar-refractivity contribution in [3.05, 3.63) is 22.7 Å². The van der Waals surface area contributed by atoms with Gasteiger partial charge in [0.2, 0.25) is 0 Å². The van der Waals surface area contributed by atoms with Gasteiger partial charge in [0.15, 0.2) is 11.5 Å². The molecule has 0 amide bonds. The first-order chi connectivity index (χ1) is 7.99. The van der Waals surface area contributed by atoms with E-state index in [1.54, 1.807) is 0 Å². The summed E-state index contributed by atoms with van der Waals surface area (Å²) in [6.45, 7) is 0. The summed E-state index contributed by atoms with van der Waals surface area (Å²) in [5, 5.41) is 9.67. The number of carbonyl (C=O) groups is 1. The topological polar surface area (TPSA) is 81.8 Å². The molecule has 0 fully saturated rings. The molecule has 0 aromatic heterocycles. The van der Waals surface area contributed by atoms with Crippen molar-refractivity contribution in [2.75, 3.05) is 14.2 Å². The van der Waals surface area contributed by atoms with Crippen molar-refractivity contribution < 1.29 is 19.4 Å². The number of phenols is 1. The second-order valence-corrected chi connectivity index (χ2v) is 3.85. The van der Waals surface area contributed by atoms with Gasteiger partial charge in [-0.1, -0.05) is 11.6 Å². The Balaban J connectivity index is 0.00000289. The molecule has 18 heavy (non-hydrogen) atoms. The first-order valence-electron chi connectivity index (χ1n) is 4.88. The Morgan fingerprint density at radius 2 is 2.11 bits per heavy atom. The zero-order valence-corrected chi connectivity index (χ0v) is 11.5. The fourth-order valence-corrected chi connectivity index (χ4v) is 1.56. The van der Waals surface area contributed by atoms with Gasteiger partial charge >= 0.3 is 5.97 Å². The van der Waals surface area contributed by atoms with Gasteiger partial charge in [0, 0.05) is 6.04 Å². The molecule has 0 radical (unpaired) electrons. The van der Waals surface area contributed by atoms with Crippen LogP contribution < -0.4 is 10.5 Å². The molecule has 0 unspecified atom stereocenters. The molecule has 1 aromatic carbocycles. The number of hydrogen-bond donors (Lipinski definition) is 2. The summed E-state index contributed by atoms with van der Waals surface area (Å²) in [6, 6.07) is 2.47. The maximum atomic E-state index is 11.1. The minimum Gasteiger partial charge on any atom is -0.503 e. The van der Waals surface area contributed by atoms with Gasteiger partial charge in [0.25, 0.3) is 0 Å². The van der Waals surface area contributed by atoms with Crippen LogP contribution in [0, 0.1) is 0 Å². The van der Waals surface area contributed by atoms with Gasteiger partial charge in [0.05, 0.1) is 25.7 Å². The van der Waals surface area contributed by atoms with Crippen LogP contribution in [0.15, 0.2) is 12.1 Å². The van der Waals surface area contributed by atoms with E-state index < -0.39 is 12.0 Å². The lowest BCUT2D eigenvalue weighted by atomic mass is 10.0. The van der Waals surface area contributed by atoms with Crippen molar-refractivity contribution in [3.8, 4) is 11.5 Å². The summed E-state index contributed by atoms with van der Waals surface area (Å²) in [7, 11) is 2.69. The Labute approximate surface area is 116 Å². The van der Waals surface area contributed by atoms with Crippen molar-refractivity contribution in [2.24, 2.45) is 5.73 Å². The summed E-state index contributed by atoms with van der Waals surface area (Å²) in [5.41, 5.74) is 6.41. The third-order valence-electron chi connectivity index (χ3n) is 2.31. The summed E-state index contributed by atoms with van der Waals surface area (Å²) in [6.07, 6.45) is 0.0285. The molecule has 1 atom stereocenters. The van der Waals surface area contributed by atoms with Gasteiger partial charge in [-0.05, 0) is 17.7 Å². The Morgan fingerprint density at radius 3 is 2.61 bits per heavy atom. The number of benzene rings is 1. The van der Waals surface area contributed by atoms with E-state index in [-0.39, 0.29) is 35.3 Å². The van der Waals surface area contributed by atoms with E-state index >= 15 is 0 Å². The number of nitrogens with two attached hydrogens (primary N) is 1. The highest BCUT2D eigenvalue weighted by Crippen LogP contribution is 2.36. The lowest BCUT2D eigenvalue weighted by Gasteiger charge is -2.13. The third kappa shape index (κ3) is 3.94. The fraction of sp³-hybridized carbons (Fsp3) is 0.364. The molecule has 102 valence electrons. The van der Waals surface area contributed by atoms with Gasteiger partial charge in [-0.2, -0.15) is 0 Å². The van der Waals surface area contributed by atoms with Crippen molar-refractivity contribution >= 4 is 30.0 Å². The molecule has 0 aliphatic rings. The molecule has 7 heteroatoms. The Morgan fingerprint density at radius 1 is 1.50 bits per heavy atom. The van der Waals surface area contributed by atoms with Crippen molar-refractivity contribution in [1.82, 2.24) is 0 Å². The molecule has 0 spiro atoms. The minimum atomic E-state index is -0.561. The predicted molar refractivity (Wildman–Crippen MR) is 70.5 cm³/mol. The number of ether oxygens (including phenoxy) is 2. The summed E-state index contributed by atoms with van der Waals surface area (Å²) in [5.74, 6) is -0.350. The molecule has 5 nitrogen and oxygen atoms in total. The fourth-order valence-electron chi connectivity index (χ4n) is 1.34. The minimum absolute atomic E-state index is 0. The smallest absolute Gasteiger partial charge is 0.307 e. The van der Waals surface area contributed by atoms with Crippen molar-refractivity contribution in [3.63, 3.8) is 0 Å². The number of rotatable bonds is 4. The van der Waals surface area contributed by atoms with Crippen LogP contribution in [0.5, 0.6) is 11.5 Å². The maximum absolute atomic E-state index is 11.1. The van der Waals surface area contributed by atoms with E-state index in [0.29, 0.717) is 5.56 Å². The lowest BCUT2D eigenvalue weighted by molar-refractivity contribution is -0.141. The molecule has 3 N–H and O–H groups in total. The Bertz CT molecular complexity index is 426. The van der Waals surface area contributed by atoms with Crippen LogP contribution in [-0.2, 0) is 9.53 Å². The monoisotopic (exact) mass is 295 g/mol. The number of esters is 1. The van der Waals surface area contributed by atoms with Crippen molar-refractivity contribution in [2.45, 2.75) is 12.5 Å². The number of phenolic OH excluding ortho intramolecular Hbond substituents is 1. The van der Waals surface area contributed by atoms with Gasteiger partial charge in [0.1, 0.15) is 0 Å². The van der Waals surface area contributed by atoms with Crippen LogP contribution in [0.25, 0.3) is 0 Å². The molecule has 1 rings (SSSR count). The molecular weight excluding hydrogens is 281 g/mol. The zero-order valence-electron chi connectivity index (χ0n) is 9.97. The van der Waals surface area contributed by atoms with E-state index in [2.05, 4.69) is 4.74 Å². The van der Waals surface area contributed by atoms with Crippen LogP contribution in [0.3, 0.4) is 0 Å². The Hall–Kier alpha value is -1.17. The van der Waals surface area contributed by atoms with Gasteiger partial charge < -0.3 is 20.3 Å². The maximum Gasteiger partial charge on any atom is 0.307 e. The molecule has 0 aliphatic carbocycles. The molecule has 0 heterocycles. The highest BCUT2D eigenvalue weighted by atomic mass is 35.5. The normalized spacial score (nSPS) is 11.3. The average molecular weight is 296 g/mol. The van der Waals surface area contributed by atoms with Crippen LogP contribution in [-0.4, -0.2) is 25.3 Å². The second-order valence-electron chi connectivity index (χ2n) is 3.44.